The fourth-order valence-corrected chi connectivity index (χ4v) is 4.44. The Kier molecular flexibility index (Phi) is 4.36. The molecule has 0 aromatic heterocycles. The Morgan fingerprint density at radius 3 is 2.05 bits per heavy atom. The molecule has 2 aliphatic rings. The van der Waals surface area contributed by atoms with Crippen molar-refractivity contribution in [1.82, 2.24) is 0 Å². The van der Waals surface area contributed by atoms with Gasteiger partial charge in [0.05, 0.1) is 7.14 Å². The van der Waals surface area contributed by atoms with E-state index >= 15 is 0 Å². The van der Waals surface area contributed by atoms with Gasteiger partial charge < -0.3 is 14.6 Å². The van der Waals surface area contributed by atoms with Crippen LogP contribution in [0.15, 0.2) is 17.7 Å². The van der Waals surface area contributed by atoms with Gasteiger partial charge in [0.1, 0.15) is 11.3 Å². The molecule has 1 saturated carbocycles. The van der Waals surface area contributed by atoms with Crippen molar-refractivity contribution in [3.05, 3.63) is 30.4 Å². The van der Waals surface area contributed by atoms with Gasteiger partial charge >= 0.3 is 11.9 Å². The molecule has 22 heavy (non-hydrogen) atoms. The van der Waals surface area contributed by atoms with Crippen molar-refractivity contribution in [2.24, 2.45) is 0 Å². The largest absolute Gasteiger partial charge is 0.506 e. The molecule has 1 aliphatic carbocycles. The van der Waals surface area contributed by atoms with Gasteiger partial charge in [-0.1, -0.05) is 0 Å². The Morgan fingerprint density at radius 1 is 1.05 bits per heavy atom. The second-order valence-electron chi connectivity index (χ2n) is 5.29. The average molecular weight is 526 g/mol. The molecule has 1 aromatic carbocycles. The van der Waals surface area contributed by atoms with Crippen molar-refractivity contribution in [2.75, 3.05) is 0 Å². The predicted molar refractivity (Wildman–Crippen MR) is 94.9 cm³/mol. The van der Waals surface area contributed by atoms with Crippen molar-refractivity contribution in [3.63, 3.8) is 0 Å². The van der Waals surface area contributed by atoms with Gasteiger partial charge in [0.25, 0.3) is 5.79 Å². The third-order valence-corrected chi connectivity index (χ3v) is 5.36. The Morgan fingerprint density at radius 2 is 1.55 bits per heavy atom. The lowest BCUT2D eigenvalue weighted by Crippen LogP contribution is -2.44. The third-order valence-electron chi connectivity index (χ3n) is 3.71. The van der Waals surface area contributed by atoms with Crippen LogP contribution in [0.5, 0.6) is 5.75 Å². The van der Waals surface area contributed by atoms with Crippen LogP contribution in [0.3, 0.4) is 0 Å². The quantitative estimate of drug-likeness (QED) is 0.263. The molecule has 2 fully saturated rings. The third kappa shape index (κ3) is 2.97. The molecule has 7 heteroatoms. The number of hydrogen-bond acceptors (Lipinski definition) is 5. The summed E-state index contributed by atoms with van der Waals surface area (Å²) in [5.74, 6) is -2.15. The topological polar surface area (TPSA) is 72.8 Å². The first-order chi connectivity index (χ1) is 10.4. The van der Waals surface area contributed by atoms with Gasteiger partial charge in [0.15, 0.2) is 0 Å². The average Bonchev–Trinajstić information content (AvgIpc) is 2.88. The van der Waals surface area contributed by atoms with Crippen LogP contribution in [0.25, 0.3) is 6.08 Å². The number of hydrogen-bond donors (Lipinski definition) is 1. The van der Waals surface area contributed by atoms with E-state index in [4.69, 9.17) is 9.47 Å². The Balaban J connectivity index is 1.92. The summed E-state index contributed by atoms with van der Waals surface area (Å²) in [6.07, 6.45) is 4.33. The molecule has 5 nitrogen and oxygen atoms in total. The molecule has 1 saturated heterocycles. The van der Waals surface area contributed by atoms with Crippen LogP contribution in [0.1, 0.15) is 31.2 Å². The highest BCUT2D eigenvalue weighted by atomic mass is 127. The van der Waals surface area contributed by atoms with E-state index in [9.17, 15) is 14.7 Å². The van der Waals surface area contributed by atoms with Crippen molar-refractivity contribution in [3.8, 4) is 5.75 Å². The minimum atomic E-state index is -1.05. The molecule has 1 aromatic rings. The summed E-state index contributed by atoms with van der Waals surface area (Å²) in [6, 6.07) is 3.37. The van der Waals surface area contributed by atoms with Gasteiger partial charge in [-0.15, -0.1) is 0 Å². The molecular weight excluding hydrogens is 514 g/mol. The van der Waals surface area contributed by atoms with Gasteiger partial charge in [-0.25, -0.2) is 9.59 Å². The number of carbonyl (C=O) groups is 2. The highest BCUT2D eigenvalue weighted by Gasteiger charge is 2.47. The van der Waals surface area contributed by atoms with Gasteiger partial charge in [-0.3, -0.25) is 0 Å². The molecule has 1 heterocycles. The van der Waals surface area contributed by atoms with E-state index in [0.29, 0.717) is 25.5 Å². The molecule has 0 radical (unpaired) electrons. The van der Waals surface area contributed by atoms with Crippen LogP contribution in [-0.4, -0.2) is 22.8 Å². The lowest BCUT2D eigenvalue weighted by molar-refractivity contribution is -0.232. The molecule has 0 amide bonds. The first kappa shape index (κ1) is 16.0. The van der Waals surface area contributed by atoms with Crippen molar-refractivity contribution in [2.45, 2.75) is 31.5 Å². The van der Waals surface area contributed by atoms with Crippen LogP contribution in [0, 0.1) is 7.14 Å². The molecular formula is C15H12I2O5. The molecule has 0 atom stereocenters. The molecule has 1 N–H and O–H groups in total. The zero-order chi connectivity index (χ0) is 15.9. The van der Waals surface area contributed by atoms with E-state index in [1.165, 1.54) is 6.08 Å². The van der Waals surface area contributed by atoms with Crippen LogP contribution in [0.4, 0.5) is 0 Å². The zero-order valence-corrected chi connectivity index (χ0v) is 15.7. The fraction of sp³-hybridized carbons (Fsp3) is 0.333. The number of phenolic OH excluding ortho intramolecular Hbond substituents is 1. The summed E-state index contributed by atoms with van der Waals surface area (Å²) in [5, 5.41) is 9.76. The van der Waals surface area contributed by atoms with E-state index in [1.807, 2.05) is 45.2 Å². The second-order valence-corrected chi connectivity index (χ2v) is 7.61. The highest BCUT2D eigenvalue weighted by Crippen LogP contribution is 2.39. The van der Waals surface area contributed by atoms with Gasteiger partial charge in [-0.2, -0.15) is 0 Å². The maximum atomic E-state index is 12.2. The van der Waals surface area contributed by atoms with Crippen molar-refractivity contribution >= 4 is 63.2 Å². The molecule has 3 rings (SSSR count). The number of esters is 2. The van der Waals surface area contributed by atoms with E-state index in [-0.39, 0.29) is 11.3 Å². The van der Waals surface area contributed by atoms with Gasteiger partial charge in [-0.05, 0) is 81.8 Å². The Bertz CT molecular complexity index is 644. The van der Waals surface area contributed by atoms with E-state index in [1.54, 1.807) is 12.1 Å². The van der Waals surface area contributed by atoms with Gasteiger partial charge in [0, 0.05) is 12.8 Å². The number of ether oxygens (including phenoxy) is 2. The summed E-state index contributed by atoms with van der Waals surface area (Å²) in [5.41, 5.74) is 0.521. The zero-order valence-electron chi connectivity index (χ0n) is 11.4. The van der Waals surface area contributed by atoms with Crippen LogP contribution >= 0.6 is 45.2 Å². The van der Waals surface area contributed by atoms with Crippen LogP contribution in [-0.2, 0) is 19.1 Å². The lowest BCUT2D eigenvalue weighted by atomic mass is 10.1. The van der Waals surface area contributed by atoms with Crippen molar-refractivity contribution in [1.29, 1.82) is 0 Å². The number of rotatable bonds is 1. The molecule has 0 bridgehead atoms. The number of halogens is 2. The smallest absolute Gasteiger partial charge is 0.348 e. The summed E-state index contributed by atoms with van der Waals surface area (Å²) in [4.78, 5) is 24.3. The summed E-state index contributed by atoms with van der Waals surface area (Å²) >= 11 is 3.98. The lowest BCUT2D eigenvalue weighted by Gasteiger charge is -2.32. The molecule has 116 valence electrons. The molecule has 1 spiro atoms. The minimum Gasteiger partial charge on any atom is -0.506 e. The Labute approximate surface area is 154 Å². The molecule has 0 unspecified atom stereocenters. The number of aromatic hydroxyl groups is 1. The number of benzene rings is 1. The minimum absolute atomic E-state index is 0.116. The number of carbonyl (C=O) groups excluding carboxylic acids is 2. The van der Waals surface area contributed by atoms with Crippen LogP contribution < -0.4 is 0 Å². The van der Waals surface area contributed by atoms with E-state index in [0.717, 1.165) is 12.8 Å². The van der Waals surface area contributed by atoms with Gasteiger partial charge in [0.2, 0.25) is 0 Å². The van der Waals surface area contributed by atoms with Crippen LogP contribution in [0.2, 0.25) is 0 Å². The van der Waals surface area contributed by atoms with E-state index < -0.39 is 17.7 Å². The SMILES string of the molecule is O=C1OC2(CCCC2)OC(=O)C1=Cc1cc(I)c(O)c(I)c1. The van der Waals surface area contributed by atoms with E-state index in [2.05, 4.69) is 0 Å². The maximum absolute atomic E-state index is 12.2. The fourth-order valence-electron chi connectivity index (χ4n) is 2.62. The Hall–Kier alpha value is -0.840. The monoisotopic (exact) mass is 526 g/mol. The summed E-state index contributed by atoms with van der Waals surface area (Å²) in [6.45, 7) is 0. The standard InChI is InChI=1S/C15H12I2O5/c16-10-6-8(7-11(17)12(10)18)5-9-13(19)21-15(22-14(9)20)3-1-2-4-15/h5-7,18H,1-4H2. The normalized spacial score (nSPS) is 20.0. The predicted octanol–water partition coefficient (Wildman–Crippen LogP) is 3.36. The first-order valence-electron chi connectivity index (χ1n) is 6.77. The maximum Gasteiger partial charge on any atom is 0.348 e. The summed E-state index contributed by atoms with van der Waals surface area (Å²) in [7, 11) is 0. The number of phenols is 1. The highest BCUT2D eigenvalue weighted by molar-refractivity contribution is 14.1. The first-order valence-corrected chi connectivity index (χ1v) is 8.92. The molecule has 1 aliphatic heterocycles. The van der Waals surface area contributed by atoms with Crippen molar-refractivity contribution < 1.29 is 24.2 Å². The summed E-state index contributed by atoms with van der Waals surface area (Å²) < 4.78 is 12.0. The second kappa shape index (κ2) is 5.99.